The van der Waals surface area contributed by atoms with Crippen LogP contribution < -0.4 is 5.73 Å². The summed E-state index contributed by atoms with van der Waals surface area (Å²) >= 11 is 3.41. The van der Waals surface area contributed by atoms with Gasteiger partial charge in [-0.3, -0.25) is 4.90 Å². The third kappa shape index (κ3) is 2.97. The molecule has 1 saturated heterocycles. The Balaban J connectivity index is 2.00. The van der Waals surface area contributed by atoms with Crippen molar-refractivity contribution in [1.82, 2.24) is 4.90 Å². The molecule has 0 bridgehead atoms. The van der Waals surface area contributed by atoms with E-state index in [0.29, 0.717) is 6.10 Å². The standard InChI is InChI=1S/C12H17BrN2O/c1-9-7-15(4-5-16-9)8-10-2-3-11(13)12(14)6-10/h2-3,6,9H,4-5,7-8,14H2,1H3. The van der Waals surface area contributed by atoms with E-state index in [1.807, 2.05) is 12.1 Å². The van der Waals surface area contributed by atoms with Crippen LogP contribution >= 0.6 is 15.9 Å². The maximum absolute atomic E-state index is 5.86. The molecule has 1 unspecified atom stereocenters. The summed E-state index contributed by atoms with van der Waals surface area (Å²) in [6.45, 7) is 5.89. The number of morpholine rings is 1. The normalized spacial score (nSPS) is 22.2. The van der Waals surface area contributed by atoms with E-state index in [4.69, 9.17) is 10.5 Å². The lowest BCUT2D eigenvalue weighted by atomic mass is 10.1. The Hall–Kier alpha value is -0.580. The highest BCUT2D eigenvalue weighted by molar-refractivity contribution is 9.10. The van der Waals surface area contributed by atoms with Crippen molar-refractivity contribution in [3.63, 3.8) is 0 Å². The molecule has 0 amide bonds. The average molecular weight is 285 g/mol. The fourth-order valence-electron chi connectivity index (χ4n) is 1.98. The van der Waals surface area contributed by atoms with E-state index in [9.17, 15) is 0 Å². The van der Waals surface area contributed by atoms with Gasteiger partial charge in [0.2, 0.25) is 0 Å². The molecule has 0 aliphatic carbocycles. The molecule has 1 aromatic rings. The average Bonchev–Trinajstić information content (AvgIpc) is 2.24. The Labute approximate surface area is 105 Å². The number of nitrogens with zero attached hydrogens (tertiary/aromatic N) is 1. The van der Waals surface area contributed by atoms with E-state index >= 15 is 0 Å². The van der Waals surface area contributed by atoms with Crippen LogP contribution in [0.4, 0.5) is 5.69 Å². The highest BCUT2D eigenvalue weighted by Gasteiger charge is 2.16. The summed E-state index contributed by atoms with van der Waals surface area (Å²) in [6, 6.07) is 6.15. The van der Waals surface area contributed by atoms with Crippen LogP contribution in [0.2, 0.25) is 0 Å². The monoisotopic (exact) mass is 284 g/mol. The van der Waals surface area contributed by atoms with Gasteiger partial charge in [-0.25, -0.2) is 0 Å². The van der Waals surface area contributed by atoms with Gasteiger partial charge < -0.3 is 10.5 Å². The Bertz CT molecular complexity index is 370. The third-order valence-electron chi connectivity index (χ3n) is 2.79. The quantitative estimate of drug-likeness (QED) is 0.847. The SMILES string of the molecule is CC1CN(Cc2ccc(Br)c(N)c2)CCO1. The van der Waals surface area contributed by atoms with E-state index in [1.54, 1.807) is 0 Å². The number of hydrogen-bond acceptors (Lipinski definition) is 3. The fraction of sp³-hybridized carbons (Fsp3) is 0.500. The zero-order valence-electron chi connectivity index (χ0n) is 9.45. The minimum atomic E-state index is 0.335. The molecule has 1 heterocycles. The number of benzene rings is 1. The lowest BCUT2D eigenvalue weighted by Crippen LogP contribution is -2.40. The number of anilines is 1. The van der Waals surface area contributed by atoms with Crippen molar-refractivity contribution in [2.75, 3.05) is 25.4 Å². The van der Waals surface area contributed by atoms with Crippen molar-refractivity contribution in [2.24, 2.45) is 0 Å². The second kappa shape index (κ2) is 5.17. The molecule has 88 valence electrons. The summed E-state index contributed by atoms with van der Waals surface area (Å²) in [5.74, 6) is 0. The van der Waals surface area contributed by atoms with E-state index in [2.05, 4.69) is 33.8 Å². The van der Waals surface area contributed by atoms with Crippen LogP contribution in [-0.2, 0) is 11.3 Å². The molecule has 2 rings (SSSR count). The molecule has 1 aliphatic rings. The van der Waals surface area contributed by atoms with Crippen molar-refractivity contribution in [3.05, 3.63) is 28.2 Å². The van der Waals surface area contributed by atoms with Gasteiger partial charge in [-0.1, -0.05) is 6.07 Å². The summed E-state index contributed by atoms with van der Waals surface area (Å²) in [5.41, 5.74) is 7.93. The first kappa shape index (κ1) is 11.9. The topological polar surface area (TPSA) is 38.5 Å². The van der Waals surface area contributed by atoms with E-state index < -0.39 is 0 Å². The van der Waals surface area contributed by atoms with Crippen molar-refractivity contribution in [3.8, 4) is 0 Å². The second-order valence-electron chi connectivity index (χ2n) is 4.27. The fourth-order valence-corrected chi connectivity index (χ4v) is 2.23. The maximum atomic E-state index is 5.86. The first-order valence-corrected chi connectivity index (χ1v) is 6.32. The van der Waals surface area contributed by atoms with Crippen LogP contribution in [0.5, 0.6) is 0 Å². The molecular formula is C12H17BrN2O. The van der Waals surface area contributed by atoms with Crippen LogP contribution in [0.15, 0.2) is 22.7 Å². The molecule has 2 N–H and O–H groups in total. The van der Waals surface area contributed by atoms with Gasteiger partial charge in [0.25, 0.3) is 0 Å². The Kier molecular flexibility index (Phi) is 3.84. The summed E-state index contributed by atoms with van der Waals surface area (Å²) < 4.78 is 6.48. The molecule has 3 nitrogen and oxygen atoms in total. The number of rotatable bonds is 2. The van der Waals surface area contributed by atoms with Crippen LogP contribution in [-0.4, -0.2) is 30.7 Å². The van der Waals surface area contributed by atoms with E-state index in [0.717, 1.165) is 36.4 Å². The van der Waals surface area contributed by atoms with E-state index in [-0.39, 0.29) is 0 Å². The molecule has 0 aromatic heterocycles. The molecule has 1 aliphatic heterocycles. The molecule has 1 aromatic carbocycles. The minimum Gasteiger partial charge on any atom is -0.398 e. The van der Waals surface area contributed by atoms with Gasteiger partial charge in [0.05, 0.1) is 12.7 Å². The van der Waals surface area contributed by atoms with Crippen LogP contribution in [0, 0.1) is 0 Å². The Morgan fingerprint density at radius 2 is 2.38 bits per heavy atom. The molecule has 4 heteroatoms. The summed E-state index contributed by atoms with van der Waals surface area (Å²) in [6.07, 6.45) is 0.335. The third-order valence-corrected chi connectivity index (χ3v) is 3.51. The number of hydrogen-bond donors (Lipinski definition) is 1. The zero-order chi connectivity index (χ0) is 11.5. The molecular weight excluding hydrogens is 268 g/mol. The van der Waals surface area contributed by atoms with Crippen LogP contribution in [0.1, 0.15) is 12.5 Å². The molecule has 0 radical (unpaired) electrons. The second-order valence-corrected chi connectivity index (χ2v) is 5.13. The van der Waals surface area contributed by atoms with Gasteiger partial charge >= 0.3 is 0 Å². The predicted molar refractivity (Wildman–Crippen MR) is 69.2 cm³/mol. The van der Waals surface area contributed by atoms with Crippen LogP contribution in [0.3, 0.4) is 0 Å². The summed E-state index contributed by atoms with van der Waals surface area (Å²) in [7, 11) is 0. The number of ether oxygens (including phenoxy) is 1. The zero-order valence-corrected chi connectivity index (χ0v) is 11.0. The van der Waals surface area contributed by atoms with Gasteiger partial charge in [-0.2, -0.15) is 0 Å². The summed E-state index contributed by atoms with van der Waals surface area (Å²) in [5, 5.41) is 0. The van der Waals surface area contributed by atoms with Gasteiger partial charge in [-0.05, 0) is 40.5 Å². The van der Waals surface area contributed by atoms with Crippen molar-refractivity contribution in [1.29, 1.82) is 0 Å². The number of nitrogen functional groups attached to an aromatic ring is 1. The first-order chi connectivity index (χ1) is 7.65. The predicted octanol–water partition coefficient (Wildman–Crippen LogP) is 2.25. The van der Waals surface area contributed by atoms with Crippen molar-refractivity contribution in [2.45, 2.75) is 19.6 Å². The molecule has 0 saturated carbocycles. The lowest BCUT2D eigenvalue weighted by molar-refractivity contribution is -0.0212. The Morgan fingerprint density at radius 3 is 3.06 bits per heavy atom. The molecule has 1 atom stereocenters. The molecule has 16 heavy (non-hydrogen) atoms. The lowest BCUT2D eigenvalue weighted by Gasteiger charge is -2.31. The largest absolute Gasteiger partial charge is 0.398 e. The summed E-state index contributed by atoms with van der Waals surface area (Å²) in [4.78, 5) is 2.40. The molecule has 0 spiro atoms. The number of nitrogens with two attached hydrogens (primary N) is 1. The van der Waals surface area contributed by atoms with Gasteiger partial charge in [-0.15, -0.1) is 0 Å². The highest BCUT2D eigenvalue weighted by Crippen LogP contribution is 2.21. The van der Waals surface area contributed by atoms with Gasteiger partial charge in [0, 0.05) is 29.8 Å². The molecule has 1 fully saturated rings. The first-order valence-electron chi connectivity index (χ1n) is 5.53. The smallest absolute Gasteiger partial charge is 0.0674 e. The van der Waals surface area contributed by atoms with Crippen molar-refractivity contribution >= 4 is 21.6 Å². The van der Waals surface area contributed by atoms with Gasteiger partial charge in [0.1, 0.15) is 0 Å². The van der Waals surface area contributed by atoms with Crippen LogP contribution in [0.25, 0.3) is 0 Å². The van der Waals surface area contributed by atoms with Crippen molar-refractivity contribution < 1.29 is 4.74 Å². The van der Waals surface area contributed by atoms with E-state index in [1.165, 1.54) is 5.56 Å². The number of halogens is 1. The maximum Gasteiger partial charge on any atom is 0.0674 e. The Morgan fingerprint density at radius 1 is 1.56 bits per heavy atom. The minimum absolute atomic E-state index is 0.335. The highest BCUT2D eigenvalue weighted by atomic mass is 79.9. The van der Waals surface area contributed by atoms with Gasteiger partial charge in [0.15, 0.2) is 0 Å².